The van der Waals surface area contributed by atoms with Gasteiger partial charge >= 0.3 is 0 Å². The summed E-state index contributed by atoms with van der Waals surface area (Å²) in [6.45, 7) is 2.95. The number of hydrogen-bond acceptors (Lipinski definition) is 2. The number of nitrogens with zero attached hydrogens (tertiary/aromatic N) is 2. The molecule has 3 nitrogen and oxygen atoms in total. The molecule has 0 aliphatic rings. The average molecular weight is 279 g/mol. The van der Waals surface area contributed by atoms with Crippen LogP contribution in [0, 0.1) is 11.6 Å². The highest BCUT2D eigenvalue weighted by molar-refractivity contribution is 5.22. The van der Waals surface area contributed by atoms with E-state index >= 15 is 0 Å². The molecule has 2 aromatic rings. The number of halogens is 2. The first-order chi connectivity index (χ1) is 9.60. The molecular formula is C15H19F2N3. The molecule has 0 amide bonds. The van der Waals surface area contributed by atoms with E-state index < -0.39 is 11.6 Å². The molecule has 0 aliphatic carbocycles. The lowest BCUT2D eigenvalue weighted by atomic mass is 10.0. The molecule has 0 aliphatic heterocycles. The van der Waals surface area contributed by atoms with Crippen LogP contribution in [0.3, 0.4) is 0 Å². The highest BCUT2D eigenvalue weighted by Gasteiger charge is 2.14. The largest absolute Gasteiger partial charge is 0.310 e. The van der Waals surface area contributed by atoms with Gasteiger partial charge in [-0.15, -0.1) is 0 Å². The molecule has 20 heavy (non-hydrogen) atoms. The summed E-state index contributed by atoms with van der Waals surface area (Å²) < 4.78 is 28.0. The van der Waals surface area contributed by atoms with Crippen LogP contribution in [0.15, 0.2) is 30.6 Å². The quantitative estimate of drug-likeness (QED) is 0.881. The van der Waals surface area contributed by atoms with E-state index in [9.17, 15) is 8.78 Å². The van der Waals surface area contributed by atoms with Crippen LogP contribution in [-0.4, -0.2) is 16.3 Å². The van der Waals surface area contributed by atoms with Gasteiger partial charge in [-0.25, -0.2) is 8.78 Å². The number of benzene rings is 1. The third-order valence-corrected chi connectivity index (χ3v) is 3.19. The number of hydrogen-bond donors (Lipinski definition) is 1. The van der Waals surface area contributed by atoms with E-state index in [2.05, 4.69) is 17.3 Å². The van der Waals surface area contributed by atoms with E-state index in [1.165, 1.54) is 12.1 Å². The van der Waals surface area contributed by atoms with Crippen molar-refractivity contribution in [3.05, 3.63) is 53.4 Å². The average Bonchev–Trinajstić information content (AvgIpc) is 2.85. The minimum atomic E-state index is -0.812. The second-order valence-corrected chi connectivity index (χ2v) is 4.91. The second-order valence-electron chi connectivity index (χ2n) is 4.91. The Labute approximate surface area is 117 Å². The normalized spacial score (nSPS) is 12.6. The third-order valence-electron chi connectivity index (χ3n) is 3.19. The first-order valence-corrected chi connectivity index (χ1v) is 6.76. The molecule has 2 rings (SSSR count). The summed E-state index contributed by atoms with van der Waals surface area (Å²) in [5.41, 5.74) is 1.81. The van der Waals surface area contributed by atoms with Crippen LogP contribution in [0.5, 0.6) is 0 Å². The van der Waals surface area contributed by atoms with Crippen molar-refractivity contribution in [3.63, 3.8) is 0 Å². The molecule has 1 N–H and O–H groups in total. The summed E-state index contributed by atoms with van der Waals surface area (Å²) in [5.74, 6) is -1.61. The van der Waals surface area contributed by atoms with Crippen molar-refractivity contribution in [3.8, 4) is 0 Å². The molecule has 1 aromatic carbocycles. The number of nitrogens with one attached hydrogen (secondary N) is 1. The zero-order valence-corrected chi connectivity index (χ0v) is 11.7. The minimum absolute atomic E-state index is 0.0495. The van der Waals surface area contributed by atoms with Crippen molar-refractivity contribution in [1.82, 2.24) is 15.1 Å². The Morgan fingerprint density at radius 2 is 2.10 bits per heavy atom. The first-order valence-electron chi connectivity index (χ1n) is 6.76. The molecule has 5 heteroatoms. The minimum Gasteiger partial charge on any atom is -0.310 e. The van der Waals surface area contributed by atoms with Gasteiger partial charge < -0.3 is 5.32 Å². The summed E-state index contributed by atoms with van der Waals surface area (Å²) in [6, 6.07) is 4.10. The van der Waals surface area contributed by atoms with E-state index in [1.54, 1.807) is 16.9 Å². The molecule has 1 atom stereocenters. The molecule has 0 saturated heterocycles. The monoisotopic (exact) mass is 279 g/mol. The molecule has 0 spiro atoms. The maximum absolute atomic E-state index is 13.3. The van der Waals surface area contributed by atoms with Gasteiger partial charge in [0.1, 0.15) is 0 Å². The van der Waals surface area contributed by atoms with Crippen LogP contribution < -0.4 is 5.32 Å². The topological polar surface area (TPSA) is 29.9 Å². The Hall–Kier alpha value is -1.75. The number of aromatic nitrogens is 2. The fourth-order valence-electron chi connectivity index (χ4n) is 2.15. The van der Waals surface area contributed by atoms with E-state index in [1.807, 2.05) is 13.2 Å². The second kappa shape index (κ2) is 6.61. The highest BCUT2D eigenvalue weighted by Crippen LogP contribution is 2.19. The predicted octanol–water partition coefficient (Wildman–Crippen LogP) is 2.98. The van der Waals surface area contributed by atoms with Crippen molar-refractivity contribution in [2.45, 2.75) is 25.8 Å². The summed E-state index contributed by atoms with van der Waals surface area (Å²) in [5, 5.41) is 7.57. The van der Waals surface area contributed by atoms with Gasteiger partial charge in [0.25, 0.3) is 0 Å². The van der Waals surface area contributed by atoms with Gasteiger partial charge in [-0.05, 0) is 37.1 Å². The zero-order valence-electron chi connectivity index (χ0n) is 11.7. The molecule has 108 valence electrons. The van der Waals surface area contributed by atoms with E-state index in [-0.39, 0.29) is 6.04 Å². The van der Waals surface area contributed by atoms with E-state index in [0.717, 1.165) is 24.1 Å². The Kier molecular flexibility index (Phi) is 4.84. The van der Waals surface area contributed by atoms with Gasteiger partial charge in [0.2, 0.25) is 0 Å². The van der Waals surface area contributed by atoms with Crippen molar-refractivity contribution in [1.29, 1.82) is 0 Å². The summed E-state index contributed by atoms with van der Waals surface area (Å²) in [4.78, 5) is 0. The predicted molar refractivity (Wildman–Crippen MR) is 74.3 cm³/mol. The Balaban J connectivity index is 2.16. The first kappa shape index (κ1) is 14.7. The molecule has 0 saturated carbocycles. The van der Waals surface area contributed by atoms with Crippen molar-refractivity contribution >= 4 is 0 Å². The Bertz CT molecular complexity index is 566. The zero-order chi connectivity index (χ0) is 14.5. The summed E-state index contributed by atoms with van der Waals surface area (Å²) in [6.07, 6.45) is 5.35. The molecule has 1 aromatic heterocycles. The molecule has 0 radical (unpaired) electrons. The van der Waals surface area contributed by atoms with E-state index in [0.29, 0.717) is 6.42 Å². The van der Waals surface area contributed by atoms with Crippen LogP contribution in [0.4, 0.5) is 8.78 Å². The highest BCUT2D eigenvalue weighted by atomic mass is 19.2. The van der Waals surface area contributed by atoms with Crippen LogP contribution >= 0.6 is 0 Å². The summed E-state index contributed by atoms with van der Waals surface area (Å²) >= 11 is 0. The SMILES string of the molecule is CCCNC(Cc1ccc(F)c(F)c1)c1cnn(C)c1. The third kappa shape index (κ3) is 3.63. The Morgan fingerprint density at radius 3 is 2.70 bits per heavy atom. The number of rotatable bonds is 6. The van der Waals surface area contributed by atoms with E-state index in [4.69, 9.17) is 0 Å². The van der Waals surface area contributed by atoms with Crippen LogP contribution in [0.2, 0.25) is 0 Å². The lowest BCUT2D eigenvalue weighted by molar-refractivity contribution is 0.500. The Morgan fingerprint density at radius 1 is 1.30 bits per heavy atom. The lowest BCUT2D eigenvalue weighted by Gasteiger charge is -2.17. The van der Waals surface area contributed by atoms with Gasteiger partial charge in [-0.3, -0.25) is 4.68 Å². The van der Waals surface area contributed by atoms with Crippen LogP contribution in [0.25, 0.3) is 0 Å². The standard InChI is InChI=1S/C15H19F2N3/c1-3-6-18-15(12-9-19-20(2)10-12)8-11-4-5-13(16)14(17)7-11/h4-5,7,9-10,15,18H,3,6,8H2,1-2H3. The fourth-order valence-corrected chi connectivity index (χ4v) is 2.15. The van der Waals surface area contributed by atoms with Gasteiger partial charge in [-0.2, -0.15) is 5.10 Å². The van der Waals surface area contributed by atoms with Gasteiger partial charge in [0.05, 0.1) is 6.20 Å². The van der Waals surface area contributed by atoms with Gasteiger partial charge in [0.15, 0.2) is 11.6 Å². The molecule has 1 heterocycles. The maximum Gasteiger partial charge on any atom is 0.159 e. The fraction of sp³-hybridized carbons (Fsp3) is 0.400. The lowest BCUT2D eigenvalue weighted by Crippen LogP contribution is -2.23. The summed E-state index contributed by atoms with van der Waals surface area (Å²) in [7, 11) is 1.86. The number of aryl methyl sites for hydroxylation is 1. The molecule has 0 bridgehead atoms. The van der Waals surface area contributed by atoms with Crippen molar-refractivity contribution in [2.24, 2.45) is 7.05 Å². The maximum atomic E-state index is 13.3. The molecule has 1 unspecified atom stereocenters. The molecule has 0 fully saturated rings. The van der Waals surface area contributed by atoms with Gasteiger partial charge in [0, 0.05) is 24.8 Å². The smallest absolute Gasteiger partial charge is 0.159 e. The van der Waals surface area contributed by atoms with Crippen LogP contribution in [0.1, 0.15) is 30.5 Å². The van der Waals surface area contributed by atoms with Gasteiger partial charge in [-0.1, -0.05) is 13.0 Å². The molecular weight excluding hydrogens is 260 g/mol. The van der Waals surface area contributed by atoms with Crippen molar-refractivity contribution < 1.29 is 8.78 Å². The van der Waals surface area contributed by atoms with Crippen LogP contribution in [-0.2, 0) is 13.5 Å². The van der Waals surface area contributed by atoms with Crippen molar-refractivity contribution in [2.75, 3.05) is 6.54 Å².